The van der Waals surface area contributed by atoms with Gasteiger partial charge in [0.2, 0.25) is 5.91 Å². The third-order valence-corrected chi connectivity index (χ3v) is 5.28. The Kier molecular flexibility index (Phi) is 5.24. The number of aliphatic imine (C=N–C) groups is 1. The van der Waals surface area contributed by atoms with Crippen LogP contribution in [0.25, 0.3) is 0 Å². The summed E-state index contributed by atoms with van der Waals surface area (Å²) in [6.45, 7) is 3.86. The fraction of sp³-hybridized carbons (Fsp3) is 0.385. The second-order valence-corrected chi connectivity index (χ2v) is 7.20. The summed E-state index contributed by atoms with van der Waals surface area (Å²) in [6.07, 6.45) is 0. The summed E-state index contributed by atoms with van der Waals surface area (Å²) in [7, 11) is 0. The van der Waals surface area contributed by atoms with Crippen LogP contribution in [0.4, 0.5) is 11.4 Å². The highest BCUT2D eigenvalue weighted by atomic mass is 32.2. The Morgan fingerprint density at radius 1 is 1.52 bits per heavy atom. The molecule has 2 rings (SSSR count). The van der Waals surface area contributed by atoms with Gasteiger partial charge in [0, 0.05) is 23.6 Å². The zero-order valence-corrected chi connectivity index (χ0v) is 13.2. The summed E-state index contributed by atoms with van der Waals surface area (Å²) in [5, 5.41) is 13.0. The number of non-ortho nitro benzene ring substituents is 1. The maximum atomic E-state index is 12.1. The van der Waals surface area contributed by atoms with Crippen LogP contribution in [-0.2, 0) is 4.79 Å². The Morgan fingerprint density at radius 2 is 2.19 bits per heavy atom. The van der Waals surface area contributed by atoms with E-state index in [1.54, 1.807) is 11.8 Å². The number of carbonyl (C=O) groups is 1. The highest BCUT2D eigenvalue weighted by Crippen LogP contribution is 2.29. The fourth-order valence-corrected chi connectivity index (χ4v) is 3.96. The van der Waals surface area contributed by atoms with Gasteiger partial charge in [0.05, 0.1) is 16.2 Å². The Morgan fingerprint density at radius 3 is 2.71 bits per heavy atom. The third-order valence-electron chi connectivity index (χ3n) is 2.77. The first kappa shape index (κ1) is 15.8. The standard InChI is InChI=1S/C13H15N3O3S2/c1-8-7-20-13(14-8)21-9(2)12(17)15-10-3-5-11(6-4-10)16(18)19/h3-6,8-9H,7H2,1-2H3,(H,15,17)/t8-,9-/m0/s1. The van der Waals surface area contributed by atoms with E-state index in [2.05, 4.69) is 10.3 Å². The molecule has 0 radical (unpaired) electrons. The van der Waals surface area contributed by atoms with Crippen LogP contribution in [0.5, 0.6) is 0 Å². The molecule has 1 aromatic rings. The van der Waals surface area contributed by atoms with Crippen LogP contribution in [-0.4, -0.2) is 32.3 Å². The number of hydrogen-bond acceptors (Lipinski definition) is 6. The van der Waals surface area contributed by atoms with Gasteiger partial charge in [-0.05, 0) is 26.0 Å². The molecule has 1 aromatic carbocycles. The van der Waals surface area contributed by atoms with Crippen molar-refractivity contribution >= 4 is 45.2 Å². The number of hydrogen-bond donors (Lipinski definition) is 1. The molecular weight excluding hydrogens is 310 g/mol. The molecule has 0 saturated heterocycles. The van der Waals surface area contributed by atoms with Crippen LogP contribution in [0.1, 0.15) is 13.8 Å². The van der Waals surface area contributed by atoms with Gasteiger partial charge < -0.3 is 5.32 Å². The average Bonchev–Trinajstić information content (AvgIpc) is 2.84. The van der Waals surface area contributed by atoms with Crippen molar-refractivity contribution < 1.29 is 9.72 Å². The second-order valence-electron chi connectivity index (χ2n) is 4.61. The third kappa shape index (κ3) is 4.47. The largest absolute Gasteiger partial charge is 0.325 e. The Labute approximate surface area is 130 Å². The zero-order chi connectivity index (χ0) is 15.4. The van der Waals surface area contributed by atoms with Crippen molar-refractivity contribution in [2.45, 2.75) is 25.1 Å². The number of amides is 1. The highest BCUT2D eigenvalue weighted by molar-refractivity contribution is 8.39. The summed E-state index contributed by atoms with van der Waals surface area (Å²) < 4.78 is 0.939. The first-order valence-electron chi connectivity index (χ1n) is 6.38. The summed E-state index contributed by atoms with van der Waals surface area (Å²) in [4.78, 5) is 26.6. The minimum Gasteiger partial charge on any atom is -0.325 e. The number of nitro groups is 1. The van der Waals surface area contributed by atoms with E-state index in [1.165, 1.54) is 36.0 Å². The van der Waals surface area contributed by atoms with Crippen LogP contribution in [0, 0.1) is 10.1 Å². The molecule has 0 aliphatic carbocycles. The molecule has 0 spiro atoms. The normalized spacial score (nSPS) is 19.0. The SMILES string of the molecule is C[C@H](SC1=N[C@@H](C)CS1)C(=O)Nc1ccc([N+](=O)[O-])cc1. The van der Waals surface area contributed by atoms with Gasteiger partial charge in [-0.3, -0.25) is 19.9 Å². The Balaban J connectivity index is 1.91. The lowest BCUT2D eigenvalue weighted by molar-refractivity contribution is -0.384. The maximum Gasteiger partial charge on any atom is 0.269 e. The first-order valence-corrected chi connectivity index (χ1v) is 8.25. The molecule has 0 aromatic heterocycles. The van der Waals surface area contributed by atoms with Gasteiger partial charge in [-0.2, -0.15) is 0 Å². The lowest BCUT2D eigenvalue weighted by atomic mass is 10.3. The van der Waals surface area contributed by atoms with E-state index in [9.17, 15) is 14.9 Å². The minimum absolute atomic E-state index is 0.00104. The average molecular weight is 325 g/mol. The topological polar surface area (TPSA) is 84.6 Å². The van der Waals surface area contributed by atoms with Crippen molar-refractivity contribution in [2.75, 3.05) is 11.1 Å². The molecule has 0 fully saturated rings. The van der Waals surface area contributed by atoms with Gasteiger partial charge in [-0.25, -0.2) is 0 Å². The minimum atomic E-state index is -0.472. The molecule has 2 atom stereocenters. The van der Waals surface area contributed by atoms with Crippen LogP contribution >= 0.6 is 23.5 Å². The van der Waals surface area contributed by atoms with Crippen molar-refractivity contribution in [3.63, 3.8) is 0 Å². The van der Waals surface area contributed by atoms with E-state index >= 15 is 0 Å². The number of nitrogens with zero attached hydrogens (tertiary/aromatic N) is 2. The number of thioether (sulfide) groups is 2. The van der Waals surface area contributed by atoms with E-state index in [0.717, 1.165) is 10.1 Å². The first-order chi connectivity index (χ1) is 9.95. The molecule has 0 unspecified atom stereocenters. The monoisotopic (exact) mass is 325 g/mol. The predicted octanol–water partition coefficient (Wildman–Crippen LogP) is 3.15. The van der Waals surface area contributed by atoms with Crippen molar-refractivity contribution in [3.8, 4) is 0 Å². The number of carbonyl (C=O) groups excluding carboxylic acids is 1. The van der Waals surface area contributed by atoms with Gasteiger partial charge in [-0.1, -0.05) is 23.5 Å². The lowest BCUT2D eigenvalue weighted by Gasteiger charge is -2.11. The summed E-state index contributed by atoms with van der Waals surface area (Å²) in [5.41, 5.74) is 0.550. The summed E-state index contributed by atoms with van der Waals surface area (Å²) in [5.74, 6) is 0.815. The summed E-state index contributed by atoms with van der Waals surface area (Å²) >= 11 is 3.10. The Bertz CT molecular complexity index is 575. The highest BCUT2D eigenvalue weighted by Gasteiger charge is 2.21. The van der Waals surface area contributed by atoms with E-state index < -0.39 is 4.92 Å². The van der Waals surface area contributed by atoms with Gasteiger partial charge in [-0.15, -0.1) is 0 Å². The number of rotatable bonds is 4. The van der Waals surface area contributed by atoms with Gasteiger partial charge in [0.15, 0.2) is 0 Å². The van der Waals surface area contributed by atoms with Crippen LogP contribution in [0.2, 0.25) is 0 Å². The van der Waals surface area contributed by atoms with Gasteiger partial charge in [0.1, 0.15) is 4.38 Å². The van der Waals surface area contributed by atoms with E-state index in [1.807, 2.05) is 13.8 Å². The molecule has 6 nitrogen and oxygen atoms in total. The maximum absolute atomic E-state index is 12.1. The van der Waals surface area contributed by atoms with Crippen LogP contribution < -0.4 is 5.32 Å². The zero-order valence-electron chi connectivity index (χ0n) is 11.6. The fourth-order valence-electron chi connectivity index (χ4n) is 1.63. The van der Waals surface area contributed by atoms with Crippen molar-refractivity contribution in [1.82, 2.24) is 0 Å². The molecule has 0 saturated carbocycles. The lowest BCUT2D eigenvalue weighted by Crippen LogP contribution is -2.23. The molecule has 21 heavy (non-hydrogen) atoms. The quantitative estimate of drug-likeness (QED) is 0.679. The number of anilines is 1. The van der Waals surface area contributed by atoms with E-state index in [0.29, 0.717) is 11.7 Å². The molecule has 0 bridgehead atoms. The van der Waals surface area contributed by atoms with E-state index in [4.69, 9.17) is 0 Å². The molecule has 1 N–H and O–H groups in total. The van der Waals surface area contributed by atoms with Gasteiger partial charge >= 0.3 is 0 Å². The van der Waals surface area contributed by atoms with Crippen molar-refractivity contribution in [3.05, 3.63) is 34.4 Å². The number of nitrogens with one attached hydrogen (secondary N) is 1. The van der Waals surface area contributed by atoms with Gasteiger partial charge in [0.25, 0.3) is 5.69 Å². The van der Waals surface area contributed by atoms with Crippen molar-refractivity contribution in [1.29, 1.82) is 0 Å². The van der Waals surface area contributed by atoms with Crippen LogP contribution in [0.15, 0.2) is 29.3 Å². The van der Waals surface area contributed by atoms with E-state index in [-0.39, 0.29) is 16.8 Å². The summed E-state index contributed by atoms with van der Waals surface area (Å²) in [6, 6.07) is 6.09. The van der Waals surface area contributed by atoms with Crippen molar-refractivity contribution in [2.24, 2.45) is 4.99 Å². The molecule has 1 heterocycles. The smallest absolute Gasteiger partial charge is 0.269 e. The van der Waals surface area contributed by atoms with Crippen LogP contribution in [0.3, 0.4) is 0 Å². The number of nitro benzene ring substituents is 1. The molecule has 112 valence electrons. The molecular formula is C13H15N3O3S2. The second kappa shape index (κ2) is 6.95. The number of benzene rings is 1. The predicted molar refractivity (Wildman–Crippen MR) is 88.1 cm³/mol. The molecule has 8 heteroatoms. The Hall–Kier alpha value is -1.54. The molecule has 1 amide bonds. The molecule has 1 aliphatic rings. The molecule has 1 aliphatic heterocycles.